The Morgan fingerprint density at radius 2 is 2.17 bits per heavy atom. The van der Waals surface area contributed by atoms with Gasteiger partial charge in [-0.15, -0.1) is 12.4 Å². The van der Waals surface area contributed by atoms with E-state index in [1.165, 1.54) is 6.20 Å². The molecule has 24 heavy (non-hydrogen) atoms. The van der Waals surface area contributed by atoms with E-state index in [4.69, 9.17) is 5.73 Å². The van der Waals surface area contributed by atoms with Crippen molar-refractivity contribution in [2.24, 2.45) is 0 Å². The minimum absolute atomic E-state index is 0. The van der Waals surface area contributed by atoms with Crippen molar-refractivity contribution in [3.05, 3.63) is 41.3 Å². The Hall–Kier alpha value is -2.34. The van der Waals surface area contributed by atoms with E-state index in [1.54, 1.807) is 12.1 Å². The first kappa shape index (κ1) is 18.0. The second kappa shape index (κ2) is 7.05. The van der Waals surface area contributed by atoms with Gasteiger partial charge in [-0.1, -0.05) is 0 Å². The first-order chi connectivity index (χ1) is 11.0. The summed E-state index contributed by atoms with van der Waals surface area (Å²) < 4.78 is 14.7. The van der Waals surface area contributed by atoms with Gasteiger partial charge in [0.1, 0.15) is 11.6 Å². The van der Waals surface area contributed by atoms with Crippen LogP contribution < -0.4 is 16.4 Å². The molecule has 0 saturated heterocycles. The number of fused-ring (bicyclic) bond motifs is 1. The number of nitrogen functional groups attached to an aromatic ring is 1. The van der Waals surface area contributed by atoms with Crippen LogP contribution in [0.1, 0.15) is 29.8 Å². The van der Waals surface area contributed by atoms with Crippen LogP contribution in [0.2, 0.25) is 0 Å². The second-order valence-corrected chi connectivity index (χ2v) is 5.91. The Morgan fingerprint density at radius 3 is 2.88 bits per heavy atom. The number of nitrogens with zero attached hydrogens (tertiary/aromatic N) is 1. The van der Waals surface area contributed by atoms with Crippen molar-refractivity contribution in [2.75, 3.05) is 17.6 Å². The number of pyridine rings is 1. The molecule has 5 nitrogen and oxygen atoms in total. The van der Waals surface area contributed by atoms with Crippen molar-refractivity contribution in [1.82, 2.24) is 10.3 Å². The fraction of sp³-hybridized carbons (Fsp3) is 0.294. The standard InChI is InChI=1S/C17H19FN4O.ClH/c1-9(2)22-17(23)13-7-10(8-21-16(13)19)11-3-4-14-12(15(11)18)5-6-20-14;/h3-4,7-9,20H,5-6H2,1-2H3,(H2,19,21)(H,22,23);1H. The quantitative estimate of drug-likeness (QED) is 0.795. The number of nitrogens with one attached hydrogen (secondary N) is 2. The van der Waals surface area contributed by atoms with Crippen LogP contribution in [0.15, 0.2) is 24.4 Å². The van der Waals surface area contributed by atoms with Gasteiger partial charge in [0.2, 0.25) is 0 Å². The van der Waals surface area contributed by atoms with Crippen molar-refractivity contribution in [1.29, 1.82) is 0 Å². The lowest BCUT2D eigenvalue weighted by atomic mass is 10.0. The predicted molar refractivity (Wildman–Crippen MR) is 96.1 cm³/mol. The average Bonchev–Trinajstić information content (AvgIpc) is 2.97. The first-order valence-corrected chi connectivity index (χ1v) is 7.59. The number of hydrogen-bond donors (Lipinski definition) is 3. The summed E-state index contributed by atoms with van der Waals surface area (Å²) in [5.74, 6) is -0.445. The maximum absolute atomic E-state index is 14.7. The third-order valence-electron chi connectivity index (χ3n) is 3.83. The van der Waals surface area contributed by atoms with Crippen molar-refractivity contribution in [3.63, 3.8) is 0 Å². The summed E-state index contributed by atoms with van der Waals surface area (Å²) in [7, 11) is 0. The molecular weight excluding hydrogens is 331 g/mol. The fourth-order valence-corrected chi connectivity index (χ4v) is 2.72. The van der Waals surface area contributed by atoms with Crippen molar-refractivity contribution < 1.29 is 9.18 Å². The van der Waals surface area contributed by atoms with Crippen LogP contribution in [-0.2, 0) is 6.42 Å². The molecule has 0 radical (unpaired) electrons. The zero-order chi connectivity index (χ0) is 16.6. The number of nitrogens with two attached hydrogens (primary N) is 1. The highest BCUT2D eigenvalue weighted by atomic mass is 35.5. The summed E-state index contributed by atoms with van der Waals surface area (Å²) in [6.45, 7) is 4.45. The molecule has 1 aromatic heterocycles. The highest BCUT2D eigenvalue weighted by Crippen LogP contribution is 2.33. The molecule has 0 unspecified atom stereocenters. The van der Waals surface area contributed by atoms with Gasteiger partial charge >= 0.3 is 0 Å². The van der Waals surface area contributed by atoms with Crippen LogP contribution in [0.3, 0.4) is 0 Å². The molecule has 0 atom stereocenters. The van der Waals surface area contributed by atoms with Gasteiger partial charge < -0.3 is 16.4 Å². The van der Waals surface area contributed by atoms with Gasteiger partial charge in [-0.3, -0.25) is 4.79 Å². The summed E-state index contributed by atoms with van der Waals surface area (Å²) in [4.78, 5) is 16.2. The van der Waals surface area contributed by atoms with E-state index in [2.05, 4.69) is 15.6 Å². The molecule has 3 rings (SSSR count). The average molecular weight is 351 g/mol. The number of benzene rings is 1. The van der Waals surface area contributed by atoms with Gasteiger partial charge in [0.05, 0.1) is 5.56 Å². The molecule has 2 aromatic rings. The lowest BCUT2D eigenvalue weighted by molar-refractivity contribution is 0.0944. The van der Waals surface area contributed by atoms with E-state index in [0.29, 0.717) is 23.1 Å². The van der Waals surface area contributed by atoms with Crippen LogP contribution in [0, 0.1) is 5.82 Å². The number of carbonyl (C=O) groups is 1. The normalized spacial score (nSPS) is 12.3. The molecule has 1 aliphatic heterocycles. The zero-order valence-corrected chi connectivity index (χ0v) is 14.3. The lowest BCUT2D eigenvalue weighted by Crippen LogP contribution is -2.30. The lowest BCUT2D eigenvalue weighted by Gasteiger charge is -2.12. The van der Waals surface area contributed by atoms with Gasteiger partial charge in [0, 0.05) is 41.2 Å². The topological polar surface area (TPSA) is 80.0 Å². The molecule has 0 aliphatic carbocycles. The maximum Gasteiger partial charge on any atom is 0.255 e. The van der Waals surface area contributed by atoms with E-state index < -0.39 is 0 Å². The van der Waals surface area contributed by atoms with Crippen LogP contribution in [0.4, 0.5) is 15.9 Å². The van der Waals surface area contributed by atoms with Gasteiger partial charge in [0.25, 0.3) is 5.91 Å². The van der Waals surface area contributed by atoms with E-state index >= 15 is 0 Å². The summed E-state index contributed by atoms with van der Waals surface area (Å²) in [5, 5.41) is 5.91. The molecule has 2 heterocycles. The fourth-order valence-electron chi connectivity index (χ4n) is 2.72. The van der Waals surface area contributed by atoms with Crippen molar-refractivity contribution in [3.8, 4) is 11.1 Å². The van der Waals surface area contributed by atoms with E-state index in [1.807, 2.05) is 19.9 Å². The third-order valence-corrected chi connectivity index (χ3v) is 3.83. The Labute approximate surface area is 146 Å². The summed E-state index contributed by atoms with van der Waals surface area (Å²) >= 11 is 0. The SMILES string of the molecule is CC(C)NC(=O)c1cc(-c2ccc3c(c2F)CCN3)cnc1N.Cl. The van der Waals surface area contributed by atoms with Gasteiger partial charge in [-0.2, -0.15) is 0 Å². The highest BCUT2D eigenvalue weighted by molar-refractivity contribution is 5.99. The number of carbonyl (C=O) groups excluding carboxylic acids is 1. The van der Waals surface area contributed by atoms with Crippen molar-refractivity contribution in [2.45, 2.75) is 26.3 Å². The Morgan fingerprint density at radius 1 is 1.42 bits per heavy atom. The molecule has 1 amide bonds. The molecule has 0 bridgehead atoms. The molecule has 128 valence electrons. The largest absolute Gasteiger partial charge is 0.384 e. The molecule has 1 aromatic carbocycles. The molecule has 0 saturated carbocycles. The number of amides is 1. The number of aromatic nitrogens is 1. The summed E-state index contributed by atoms with van der Waals surface area (Å²) in [6.07, 6.45) is 2.15. The monoisotopic (exact) mass is 350 g/mol. The number of anilines is 2. The van der Waals surface area contributed by atoms with E-state index in [0.717, 1.165) is 12.2 Å². The molecule has 7 heteroatoms. The highest BCUT2D eigenvalue weighted by Gasteiger charge is 2.20. The molecular formula is C17H20ClFN4O. The molecule has 1 aliphatic rings. The summed E-state index contributed by atoms with van der Waals surface area (Å²) in [5.41, 5.74) is 8.53. The van der Waals surface area contributed by atoms with Crippen LogP contribution in [0.5, 0.6) is 0 Å². The smallest absolute Gasteiger partial charge is 0.255 e. The first-order valence-electron chi connectivity index (χ1n) is 7.59. The van der Waals surface area contributed by atoms with Crippen molar-refractivity contribution >= 4 is 29.8 Å². The summed E-state index contributed by atoms with van der Waals surface area (Å²) in [6, 6.07) is 5.12. The Bertz CT molecular complexity index is 779. The van der Waals surface area contributed by atoms with Gasteiger partial charge in [0.15, 0.2) is 0 Å². The maximum atomic E-state index is 14.7. The molecule has 0 spiro atoms. The van der Waals surface area contributed by atoms with Crippen LogP contribution >= 0.6 is 12.4 Å². The minimum atomic E-state index is -0.310. The van der Waals surface area contributed by atoms with E-state index in [9.17, 15) is 9.18 Å². The predicted octanol–water partition coefficient (Wildman–Crippen LogP) is 3.00. The Balaban J connectivity index is 0.00000208. The number of rotatable bonds is 3. The zero-order valence-electron chi connectivity index (χ0n) is 13.5. The molecule has 4 N–H and O–H groups in total. The van der Waals surface area contributed by atoms with Crippen LogP contribution in [0.25, 0.3) is 11.1 Å². The van der Waals surface area contributed by atoms with Gasteiger partial charge in [-0.05, 0) is 38.5 Å². The van der Waals surface area contributed by atoms with E-state index in [-0.39, 0.29) is 41.6 Å². The van der Waals surface area contributed by atoms with Gasteiger partial charge in [-0.25, -0.2) is 9.37 Å². The molecule has 0 fully saturated rings. The minimum Gasteiger partial charge on any atom is -0.384 e. The Kier molecular flexibility index (Phi) is 5.29. The third kappa shape index (κ3) is 3.28. The second-order valence-electron chi connectivity index (χ2n) is 5.91. The number of halogens is 2. The van der Waals surface area contributed by atoms with Crippen LogP contribution in [-0.4, -0.2) is 23.5 Å². The number of hydrogen-bond acceptors (Lipinski definition) is 4.